The van der Waals surface area contributed by atoms with Gasteiger partial charge in [0.1, 0.15) is 30.0 Å². The fraction of sp³-hybridized carbons (Fsp3) is 0.550. The number of para-hydroxylation sites is 1. The number of aliphatic imine (C=N–C) groups is 1. The number of fused-ring (bicyclic) bond motifs is 1. The van der Waals surface area contributed by atoms with Crippen LogP contribution in [0.4, 0.5) is 0 Å². The molecule has 4 rings (SSSR count). The standard InChI is InChI=1S/C20H28N6O.HI/c1-3-21-19(22-13-18-23-14-24-26(18)2)25-16-12-20(10-6-7-11-20)27-17-9-5-4-8-15(16)17;/h4-5,8-9,14,16H,3,6-7,10-13H2,1-2H3,(H2,21,22,25);1H. The van der Waals surface area contributed by atoms with Gasteiger partial charge in [0.05, 0.1) is 6.04 Å². The highest BCUT2D eigenvalue weighted by Crippen LogP contribution is 2.46. The molecule has 0 bridgehead atoms. The molecule has 2 N–H and O–H groups in total. The molecule has 2 aliphatic rings. The first-order valence-corrected chi connectivity index (χ1v) is 9.85. The lowest BCUT2D eigenvalue weighted by Crippen LogP contribution is -2.46. The summed E-state index contributed by atoms with van der Waals surface area (Å²) in [5, 5.41) is 11.1. The summed E-state index contributed by atoms with van der Waals surface area (Å²) in [7, 11) is 1.89. The summed E-state index contributed by atoms with van der Waals surface area (Å²) >= 11 is 0. The summed E-state index contributed by atoms with van der Waals surface area (Å²) in [5.41, 5.74) is 1.17. The van der Waals surface area contributed by atoms with E-state index in [1.165, 1.54) is 18.4 Å². The highest BCUT2D eigenvalue weighted by molar-refractivity contribution is 14.0. The number of nitrogens with zero attached hydrogens (tertiary/aromatic N) is 4. The maximum absolute atomic E-state index is 6.46. The molecule has 0 amide bonds. The van der Waals surface area contributed by atoms with Crippen LogP contribution in [-0.4, -0.2) is 32.9 Å². The molecule has 1 aromatic heterocycles. The van der Waals surface area contributed by atoms with E-state index in [1.54, 1.807) is 11.0 Å². The number of nitrogens with one attached hydrogen (secondary N) is 2. The Morgan fingerprint density at radius 1 is 1.32 bits per heavy atom. The summed E-state index contributed by atoms with van der Waals surface area (Å²) in [5.74, 6) is 2.65. The molecular formula is C20H29IN6O. The SMILES string of the molecule is CCNC(=NCc1ncnn1C)NC1CC2(CCCC2)Oc2ccccc21.I. The van der Waals surface area contributed by atoms with Gasteiger partial charge in [0.25, 0.3) is 0 Å². The molecule has 2 aromatic rings. The number of guanidine groups is 1. The lowest BCUT2D eigenvalue weighted by molar-refractivity contribution is 0.0396. The molecule has 1 atom stereocenters. The molecule has 7 nitrogen and oxygen atoms in total. The Labute approximate surface area is 183 Å². The van der Waals surface area contributed by atoms with Crippen molar-refractivity contribution in [3.8, 4) is 5.75 Å². The maximum Gasteiger partial charge on any atom is 0.192 e. The minimum absolute atomic E-state index is 0. The molecule has 1 aliphatic heterocycles. The van der Waals surface area contributed by atoms with E-state index < -0.39 is 0 Å². The molecule has 1 saturated carbocycles. The van der Waals surface area contributed by atoms with E-state index in [0.717, 1.165) is 43.3 Å². The third kappa shape index (κ3) is 4.42. The van der Waals surface area contributed by atoms with Gasteiger partial charge in [-0.05, 0) is 38.7 Å². The Morgan fingerprint density at radius 3 is 2.82 bits per heavy atom. The summed E-state index contributed by atoms with van der Waals surface area (Å²) in [6, 6.07) is 8.56. The minimum Gasteiger partial charge on any atom is -0.487 e. The van der Waals surface area contributed by atoms with E-state index >= 15 is 0 Å². The van der Waals surface area contributed by atoms with Crippen LogP contribution in [0.2, 0.25) is 0 Å². The number of ether oxygens (including phenoxy) is 1. The number of hydrogen-bond donors (Lipinski definition) is 2. The van der Waals surface area contributed by atoms with Crippen LogP contribution in [0.25, 0.3) is 0 Å². The topological polar surface area (TPSA) is 76.4 Å². The van der Waals surface area contributed by atoms with E-state index in [4.69, 9.17) is 9.73 Å². The molecule has 0 saturated heterocycles. The van der Waals surface area contributed by atoms with Crippen LogP contribution < -0.4 is 15.4 Å². The molecule has 8 heteroatoms. The Bertz CT molecular complexity index is 815. The van der Waals surface area contributed by atoms with E-state index in [2.05, 4.69) is 51.9 Å². The Hall–Kier alpha value is -1.84. The normalized spacial score (nSPS) is 20.2. The zero-order valence-electron chi connectivity index (χ0n) is 16.5. The third-order valence-corrected chi connectivity index (χ3v) is 5.55. The van der Waals surface area contributed by atoms with Gasteiger partial charge < -0.3 is 15.4 Å². The first-order valence-electron chi connectivity index (χ1n) is 9.85. The monoisotopic (exact) mass is 496 g/mol. The zero-order chi connectivity index (χ0) is 18.7. The van der Waals surface area contributed by atoms with Gasteiger partial charge in [0.2, 0.25) is 0 Å². The van der Waals surface area contributed by atoms with Crippen LogP contribution in [0.1, 0.15) is 56.5 Å². The second kappa shape index (κ2) is 9.11. The molecule has 2 heterocycles. The van der Waals surface area contributed by atoms with Crippen LogP contribution >= 0.6 is 24.0 Å². The molecule has 0 radical (unpaired) electrons. The number of aryl methyl sites for hydroxylation is 1. The average Bonchev–Trinajstić information content (AvgIpc) is 3.29. The molecule has 1 fully saturated rings. The first-order chi connectivity index (χ1) is 13.2. The fourth-order valence-electron chi connectivity index (χ4n) is 4.17. The molecule has 28 heavy (non-hydrogen) atoms. The Morgan fingerprint density at radius 2 is 2.11 bits per heavy atom. The van der Waals surface area contributed by atoms with Crippen LogP contribution in [0.15, 0.2) is 35.6 Å². The second-order valence-corrected chi connectivity index (χ2v) is 7.43. The maximum atomic E-state index is 6.46. The van der Waals surface area contributed by atoms with Gasteiger partial charge in [-0.25, -0.2) is 9.98 Å². The van der Waals surface area contributed by atoms with E-state index in [1.807, 2.05) is 7.05 Å². The molecular weight excluding hydrogens is 467 g/mol. The van der Waals surface area contributed by atoms with Crippen molar-refractivity contribution < 1.29 is 4.74 Å². The zero-order valence-corrected chi connectivity index (χ0v) is 18.8. The number of halogens is 1. The summed E-state index contributed by atoms with van der Waals surface area (Å²) in [6.45, 7) is 3.37. The van der Waals surface area contributed by atoms with Gasteiger partial charge in [-0.15, -0.1) is 24.0 Å². The van der Waals surface area contributed by atoms with Crippen molar-refractivity contribution in [2.45, 2.75) is 57.2 Å². The molecule has 1 spiro atoms. The smallest absolute Gasteiger partial charge is 0.192 e. The van der Waals surface area contributed by atoms with Crippen molar-refractivity contribution >= 4 is 29.9 Å². The van der Waals surface area contributed by atoms with Crippen LogP contribution in [0.5, 0.6) is 5.75 Å². The highest BCUT2D eigenvalue weighted by atomic mass is 127. The fourth-order valence-corrected chi connectivity index (χ4v) is 4.17. The first kappa shape index (κ1) is 20.9. The number of hydrogen-bond acceptors (Lipinski definition) is 4. The van der Waals surface area contributed by atoms with Crippen molar-refractivity contribution in [2.24, 2.45) is 12.0 Å². The molecule has 1 aromatic carbocycles. The van der Waals surface area contributed by atoms with E-state index in [-0.39, 0.29) is 35.6 Å². The van der Waals surface area contributed by atoms with Crippen molar-refractivity contribution in [3.05, 3.63) is 42.0 Å². The average molecular weight is 496 g/mol. The van der Waals surface area contributed by atoms with Crippen molar-refractivity contribution in [1.82, 2.24) is 25.4 Å². The van der Waals surface area contributed by atoms with Gasteiger partial charge in [-0.2, -0.15) is 5.10 Å². The quantitative estimate of drug-likeness (QED) is 0.386. The highest BCUT2D eigenvalue weighted by Gasteiger charge is 2.43. The predicted octanol–water partition coefficient (Wildman–Crippen LogP) is 3.32. The summed E-state index contributed by atoms with van der Waals surface area (Å²) < 4.78 is 8.22. The minimum atomic E-state index is -0.0348. The van der Waals surface area contributed by atoms with Gasteiger partial charge in [-0.1, -0.05) is 18.2 Å². The van der Waals surface area contributed by atoms with E-state index in [9.17, 15) is 0 Å². The van der Waals surface area contributed by atoms with Crippen molar-refractivity contribution in [1.29, 1.82) is 0 Å². The number of aromatic nitrogens is 3. The second-order valence-electron chi connectivity index (χ2n) is 7.43. The third-order valence-electron chi connectivity index (χ3n) is 5.55. The number of rotatable bonds is 4. The predicted molar refractivity (Wildman–Crippen MR) is 120 cm³/mol. The van der Waals surface area contributed by atoms with Gasteiger partial charge in [0.15, 0.2) is 5.96 Å². The molecule has 152 valence electrons. The summed E-state index contributed by atoms with van der Waals surface area (Å²) in [6.07, 6.45) is 7.28. The Balaban J connectivity index is 0.00000225. The van der Waals surface area contributed by atoms with Gasteiger partial charge in [0, 0.05) is 25.6 Å². The lowest BCUT2D eigenvalue weighted by atomic mass is 9.86. The Kier molecular flexibility index (Phi) is 6.79. The van der Waals surface area contributed by atoms with Crippen LogP contribution in [-0.2, 0) is 13.6 Å². The summed E-state index contributed by atoms with van der Waals surface area (Å²) in [4.78, 5) is 8.99. The lowest BCUT2D eigenvalue weighted by Gasteiger charge is -2.40. The van der Waals surface area contributed by atoms with E-state index in [0.29, 0.717) is 6.54 Å². The van der Waals surface area contributed by atoms with Crippen molar-refractivity contribution in [3.63, 3.8) is 0 Å². The van der Waals surface area contributed by atoms with Crippen molar-refractivity contribution in [2.75, 3.05) is 6.54 Å². The van der Waals surface area contributed by atoms with Gasteiger partial charge >= 0.3 is 0 Å². The van der Waals surface area contributed by atoms with Gasteiger partial charge in [-0.3, -0.25) is 4.68 Å². The molecule has 1 unspecified atom stereocenters. The largest absolute Gasteiger partial charge is 0.487 e. The molecule has 1 aliphatic carbocycles. The van der Waals surface area contributed by atoms with Crippen LogP contribution in [0.3, 0.4) is 0 Å². The number of benzene rings is 1. The van der Waals surface area contributed by atoms with Crippen LogP contribution in [0, 0.1) is 0 Å².